The van der Waals surface area contributed by atoms with E-state index in [1.165, 1.54) is 7.11 Å². The molecule has 1 unspecified atom stereocenters. The van der Waals surface area contributed by atoms with E-state index < -0.39 is 5.60 Å². The fourth-order valence-corrected chi connectivity index (χ4v) is 1.32. The summed E-state index contributed by atoms with van der Waals surface area (Å²) in [7, 11) is 1.31. The van der Waals surface area contributed by atoms with Gasteiger partial charge in [0.25, 0.3) is 0 Å². The highest BCUT2D eigenvalue weighted by molar-refractivity contribution is 5.70. The summed E-state index contributed by atoms with van der Waals surface area (Å²) < 4.78 is 9.54. The van der Waals surface area contributed by atoms with E-state index in [1.807, 2.05) is 0 Å². The Hall–Kier alpha value is -0.610. The molecule has 1 rings (SSSR count). The Morgan fingerprint density at radius 1 is 1.75 bits per heavy atom. The fourth-order valence-electron chi connectivity index (χ4n) is 1.32. The second-order valence-electron chi connectivity index (χ2n) is 3.13. The number of carbonyl (C=O) groups excluding carboxylic acids is 1. The maximum atomic E-state index is 10.8. The Kier molecular flexibility index (Phi) is 3.05. The summed E-state index contributed by atoms with van der Waals surface area (Å²) in [6.07, 6.45) is 1.44. The molecule has 4 nitrogen and oxygen atoms in total. The normalized spacial score (nSPS) is 29.8. The van der Waals surface area contributed by atoms with E-state index in [9.17, 15) is 9.90 Å². The van der Waals surface area contributed by atoms with E-state index in [0.717, 1.165) is 6.42 Å². The predicted octanol–water partition coefficient (Wildman–Crippen LogP) is 0.0910. The van der Waals surface area contributed by atoms with Gasteiger partial charge in [0.2, 0.25) is 0 Å². The van der Waals surface area contributed by atoms with E-state index in [-0.39, 0.29) is 19.0 Å². The summed E-state index contributed by atoms with van der Waals surface area (Å²) in [6.45, 7) is 0.908. The topological polar surface area (TPSA) is 55.8 Å². The largest absolute Gasteiger partial charge is 0.469 e. The molecule has 1 aliphatic heterocycles. The molecule has 0 aromatic heterocycles. The lowest BCUT2D eigenvalue weighted by Gasteiger charge is -2.30. The summed E-state index contributed by atoms with van der Waals surface area (Å²) in [5, 5.41) is 9.75. The molecule has 1 heterocycles. The summed E-state index contributed by atoms with van der Waals surface area (Å²) in [5.74, 6) is -0.386. The minimum Gasteiger partial charge on any atom is -0.469 e. The number of hydrogen-bond donors (Lipinski definition) is 1. The summed E-state index contributed by atoms with van der Waals surface area (Å²) in [6, 6.07) is 0. The molecule has 0 aliphatic carbocycles. The van der Waals surface area contributed by atoms with Crippen LogP contribution in [0.3, 0.4) is 0 Å². The van der Waals surface area contributed by atoms with Crippen LogP contribution in [-0.4, -0.2) is 37.0 Å². The van der Waals surface area contributed by atoms with Crippen LogP contribution in [0.2, 0.25) is 0 Å². The van der Waals surface area contributed by atoms with Gasteiger partial charge in [0.1, 0.15) is 0 Å². The number of methoxy groups -OCH3 is 1. The Balaban J connectivity index is 2.41. The van der Waals surface area contributed by atoms with E-state index in [1.54, 1.807) is 0 Å². The molecule has 0 radical (unpaired) electrons. The highest BCUT2D eigenvalue weighted by atomic mass is 16.5. The van der Waals surface area contributed by atoms with Gasteiger partial charge < -0.3 is 14.6 Å². The monoisotopic (exact) mass is 174 g/mol. The molecular formula is C8H14O4. The average Bonchev–Trinajstić information content (AvgIpc) is 2.05. The zero-order chi connectivity index (χ0) is 9.03. The van der Waals surface area contributed by atoms with Crippen LogP contribution in [0.5, 0.6) is 0 Å². The highest BCUT2D eigenvalue weighted by Gasteiger charge is 2.32. The van der Waals surface area contributed by atoms with Gasteiger partial charge in [-0.3, -0.25) is 4.79 Å². The number of rotatable bonds is 2. The lowest BCUT2D eigenvalue weighted by Crippen LogP contribution is -2.40. The van der Waals surface area contributed by atoms with Gasteiger partial charge in [0.15, 0.2) is 0 Å². The van der Waals surface area contributed by atoms with Crippen molar-refractivity contribution in [1.82, 2.24) is 0 Å². The van der Waals surface area contributed by atoms with Crippen molar-refractivity contribution >= 4 is 5.97 Å². The van der Waals surface area contributed by atoms with Gasteiger partial charge in [0.05, 0.1) is 25.7 Å². The van der Waals surface area contributed by atoms with Crippen LogP contribution in [-0.2, 0) is 14.3 Å². The van der Waals surface area contributed by atoms with Crippen molar-refractivity contribution in [2.75, 3.05) is 20.3 Å². The molecule has 1 saturated heterocycles. The molecule has 0 spiro atoms. The zero-order valence-corrected chi connectivity index (χ0v) is 7.21. The van der Waals surface area contributed by atoms with Gasteiger partial charge >= 0.3 is 5.97 Å². The molecule has 0 bridgehead atoms. The summed E-state index contributed by atoms with van der Waals surface area (Å²) >= 11 is 0. The standard InChI is InChI=1S/C8H14O4/c1-11-7(9)5-8(10)3-2-4-12-6-8/h10H,2-6H2,1H3. The quantitative estimate of drug-likeness (QED) is 0.603. The Morgan fingerprint density at radius 2 is 2.50 bits per heavy atom. The maximum Gasteiger partial charge on any atom is 0.308 e. The van der Waals surface area contributed by atoms with Crippen LogP contribution in [0.1, 0.15) is 19.3 Å². The molecule has 0 amide bonds. The van der Waals surface area contributed by atoms with Gasteiger partial charge in [-0.1, -0.05) is 0 Å². The first-order chi connectivity index (χ1) is 5.66. The van der Waals surface area contributed by atoms with E-state index in [4.69, 9.17) is 4.74 Å². The summed E-state index contributed by atoms with van der Waals surface area (Å²) in [5.41, 5.74) is -0.995. The molecule has 1 atom stereocenters. The molecule has 4 heteroatoms. The SMILES string of the molecule is COC(=O)CC1(O)CCCOC1. The van der Waals surface area contributed by atoms with Crippen LogP contribution in [0.25, 0.3) is 0 Å². The van der Waals surface area contributed by atoms with Gasteiger partial charge in [-0.25, -0.2) is 0 Å². The second kappa shape index (κ2) is 3.87. The van der Waals surface area contributed by atoms with Crippen LogP contribution >= 0.6 is 0 Å². The Bertz CT molecular complexity index is 160. The molecule has 0 aromatic rings. The van der Waals surface area contributed by atoms with Crippen molar-refractivity contribution in [3.8, 4) is 0 Å². The lowest BCUT2D eigenvalue weighted by molar-refractivity contribution is -0.153. The molecule has 70 valence electrons. The van der Waals surface area contributed by atoms with Crippen LogP contribution < -0.4 is 0 Å². The molecule has 1 fully saturated rings. The summed E-state index contributed by atoms with van der Waals surface area (Å²) in [4.78, 5) is 10.8. The number of hydrogen-bond acceptors (Lipinski definition) is 4. The molecule has 1 N–H and O–H groups in total. The van der Waals surface area contributed by atoms with Crippen molar-refractivity contribution in [3.63, 3.8) is 0 Å². The van der Waals surface area contributed by atoms with Crippen molar-refractivity contribution in [3.05, 3.63) is 0 Å². The number of esters is 1. The highest BCUT2D eigenvalue weighted by Crippen LogP contribution is 2.22. The first-order valence-electron chi connectivity index (χ1n) is 4.03. The van der Waals surface area contributed by atoms with Gasteiger partial charge in [0, 0.05) is 6.61 Å². The minimum atomic E-state index is -0.995. The van der Waals surface area contributed by atoms with Gasteiger partial charge in [-0.2, -0.15) is 0 Å². The first kappa shape index (κ1) is 9.48. The molecule has 12 heavy (non-hydrogen) atoms. The van der Waals surface area contributed by atoms with Gasteiger partial charge in [-0.15, -0.1) is 0 Å². The predicted molar refractivity (Wildman–Crippen MR) is 41.6 cm³/mol. The van der Waals surface area contributed by atoms with Gasteiger partial charge in [-0.05, 0) is 12.8 Å². The third-order valence-corrected chi connectivity index (χ3v) is 2.00. The number of ether oxygens (including phenoxy) is 2. The lowest BCUT2D eigenvalue weighted by atomic mass is 9.93. The smallest absolute Gasteiger partial charge is 0.308 e. The van der Waals surface area contributed by atoms with Crippen molar-refractivity contribution in [1.29, 1.82) is 0 Å². The van der Waals surface area contributed by atoms with Crippen LogP contribution in [0.15, 0.2) is 0 Å². The second-order valence-corrected chi connectivity index (χ2v) is 3.13. The van der Waals surface area contributed by atoms with E-state index in [2.05, 4.69) is 4.74 Å². The van der Waals surface area contributed by atoms with Crippen molar-refractivity contribution in [2.24, 2.45) is 0 Å². The third kappa shape index (κ3) is 2.46. The van der Waals surface area contributed by atoms with Crippen molar-refractivity contribution < 1.29 is 19.4 Å². The molecule has 0 saturated carbocycles. The molecule has 0 aromatic carbocycles. The maximum absolute atomic E-state index is 10.8. The third-order valence-electron chi connectivity index (χ3n) is 2.00. The minimum absolute atomic E-state index is 0.0312. The number of aliphatic hydroxyl groups is 1. The van der Waals surface area contributed by atoms with E-state index in [0.29, 0.717) is 13.0 Å². The number of carbonyl (C=O) groups is 1. The fraction of sp³-hybridized carbons (Fsp3) is 0.875. The van der Waals surface area contributed by atoms with Crippen molar-refractivity contribution in [2.45, 2.75) is 24.9 Å². The van der Waals surface area contributed by atoms with Crippen LogP contribution in [0.4, 0.5) is 0 Å². The zero-order valence-electron chi connectivity index (χ0n) is 7.21. The first-order valence-corrected chi connectivity index (χ1v) is 4.03. The van der Waals surface area contributed by atoms with E-state index >= 15 is 0 Å². The van der Waals surface area contributed by atoms with Crippen LogP contribution in [0, 0.1) is 0 Å². The Morgan fingerprint density at radius 3 is 3.00 bits per heavy atom. The molecular weight excluding hydrogens is 160 g/mol. The average molecular weight is 174 g/mol. The molecule has 1 aliphatic rings. The Labute approximate surface area is 71.5 Å².